The van der Waals surface area contributed by atoms with Crippen LogP contribution in [-0.2, 0) is 16.6 Å². The molecule has 4 aliphatic heterocycles. The fourth-order valence-electron chi connectivity index (χ4n) is 8.69. The normalized spacial score (nSPS) is 18.9. The number of aryl methyl sites for hydroxylation is 1. The summed E-state index contributed by atoms with van der Waals surface area (Å²) >= 11 is 6.63. The average Bonchev–Trinajstić information content (AvgIpc) is 3.56. The van der Waals surface area contributed by atoms with E-state index in [9.17, 15) is 9.59 Å². The molecular weight excluding hydrogens is 750 g/mol. The lowest BCUT2D eigenvalue weighted by molar-refractivity contribution is -0.123. The van der Waals surface area contributed by atoms with Crippen molar-refractivity contribution in [3.05, 3.63) is 101 Å². The molecule has 2 amide bonds. The average molecular weight is 802 g/mol. The van der Waals surface area contributed by atoms with Crippen LogP contribution in [0.4, 0.5) is 28.8 Å². The number of hydrogen-bond donors (Lipinski definition) is 3. The van der Waals surface area contributed by atoms with E-state index in [-0.39, 0.29) is 17.7 Å². The predicted molar refractivity (Wildman–Crippen MR) is 233 cm³/mol. The number of rotatable bonds is 10. The van der Waals surface area contributed by atoms with Gasteiger partial charge in [0.1, 0.15) is 5.02 Å². The quantitative estimate of drug-likeness (QED) is 0.160. The third kappa shape index (κ3) is 7.75. The molecule has 14 heteroatoms. The molecule has 0 bridgehead atoms. The summed E-state index contributed by atoms with van der Waals surface area (Å²) in [6.45, 7) is 18.1. The Hall–Kier alpha value is -5.82. The molecule has 3 fully saturated rings. The number of nitrogens with one attached hydrogen (secondary N) is 3. The van der Waals surface area contributed by atoms with E-state index in [0.717, 1.165) is 115 Å². The molecule has 4 aromatic rings. The first-order valence-corrected chi connectivity index (χ1v) is 20.5. The Morgan fingerprint density at radius 3 is 2.52 bits per heavy atom. The standard InChI is InChI=1S/C44H52ClN11O2/c1-27-7-11-36(43(58)48-27)41-35-12-10-34(25-39(35)53(6)51-41)55-21-19-54(20-22-55)29(3)30-15-17-56(18-16-30)44-47-26-37(45)42(50-44)49-33-9-13-38-32(24-33)23-31(28(2)52(38)5)8-14-40(57)46-4/h9-10,12-13,23-26,30,36H,1-3,7-8,11,14-22H2,4-6H3,(H,46,57)(H,48,58)(H,47,49,50). The molecule has 8 rings (SSSR count). The monoisotopic (exact) mass is 801 g/mol. The third-order valence-electron chi connectivity index (χ3n) is 12.2. The van der Waals surface area contributed by atoms with Crippen LogP contribution in [0.5, 0.6) is 0 Å². The molecule has 1 atom stereocenters. The molecule has 1 unspecified atom stereocenters. The van der Waals surface area contributed by atoms with Crippen LogP contribution in [0.2, 0.25) is 5.02 Å². The lowest BCUT2D eigenvalue weighted by Gasteiger charge is -2.42. The van der Waals surface area contributed by atoms with Gasteiger partial charge in [-0.3, -0.25) is 14.3 Å². The number of aromatic nitrogens is 4. The molecule has 58 heavy (non-hydrogen) atoms. The molecule has 3 N–H and O–H groups in total. The Balaban J connectivity index is 0.860. The molecular formula is C44H52ClN11O2. The molecule has 4 aliphatic rings. The molecule has 6 heterocycles. The lowest BCUT2D eigenvalue weighted by Crippen LogP contribution is -2.47. The summed E-state index contributed by atoms with van der Waals surface area (Å²) < 4.78 is 1.90. The van der Waals surface area contributed by atoms with Gasteiger partial charge in [0.15, 0.2) is 5.82 Å². The predicted octanol–water partition coefficient (Wildman–Crippen LogP) is 6.69. The molecule has 0 saturated carbocycles. The van der Waals surface area contributed by atoms with E-state index in [0.29, 0.717) is 35.5 Å². The third-order valence-corrected chi connectivity index (χ3v) is 12.5. The van der Waals surface area contributed by atoms with Crippen molar-refractivity contribution in [1.82, 2.24) is 35.3 Å². The number of anilines is 5. The lowest BCUT2D eigenvalue weighted by atomic mass is 9.92. The Morgan fingerprint density at radius 1 is 1.00 bits per heavy atom. The van der Waals surface area contributed by atoms with Crippen molar-refractivity contribution in [2.24, 2.45) is 13.0 Å². The topological polar surface area (TPSA) is 127 Å². The highest BCUT2D eigenvalue weighted by Gasteiger charge is 2.31. The Bertz CT molecular complexity index is 2330. The fourth-order valence-corrected chi connectivity index (χ4v) is 8.83. The summed E-state index contributed by atoms with van der Waals surface area (Å²) in [5, 5.41) is 15.3. The number of likely N-dealkylation sites (N-methyl/N-ethyl adjacent to an activating group) is 1. The van der Waals surface area contributed by atoms with Gasteiger partial charge in [-0.25, -0.2) is 4.98 Å². The molecule has 2 aromatic carbocycles. The van der Waals surface area contributed by atoms with Gasteiger partial charge in [0.05, 0.1) is 23.3 Å². The van der Waals surface area contributed by atoms with Crippen LogP contribution in [-0.4, -0.2) is 89.8 Å². The zero-order chi connectivity index (χ0) is 40.7. The minimum atomic E-state index is -0.258. The molecule has 2 aromatic heterocycles. The largest absolute Gasteiger partial charge is 0.372 e. The van der Waals surface area contributed by atoms with Crippen LogP contribution in [0.1, 0.15) is 55.7 Å². The van der Waals surface area contributed by atoms with E-state index in [4.69, 9.17) is 21.7 Å². The summed E-state index contributed by atoms with van der Waals surface area (Å²) in [5.74, 6) is 1.33. The molecule has 3 saturated heterocycles. The van der Waals surface area contributed by atoms with Crippen molar-refractivity contribution in [2.75, 3.05) is 73.4 Å². The van der Waals surface area contributed by atoms with Crippen LogP contribution in [0.15, 0.2) is 85.0 Å². The van der Waals surface area contributed by atoms with Crippen LogP contribution in [0.3, 0.4) is 0 Å². The summed E-state index contributed by atoms with van der Waals surface area (Å²) in [4.78, 5) is 43.4. The number of carbonyl (C=O) groups is 2. The maximum atomic E-state index is 12.8. The number of piperidine rings is 2. The van der Waals surface area contributed by atoms with Gasteiger partial charge in [-0.1, -0.05) is 31.3 Å². The summed E-state index contributed by atoms with van der Waals surface area (Å²) in [6.07, 6.45) is 8.23. The maximum Gasteiger partial charge on any atom is 0.233 e. The van der Waals surface area contributed by atoms with Gasteiger partial charge >= 0.3 is 0 Å². The second-order valence-electron chi connectivity index (χ2n) is 15.7. The van der Waals surface area contributed by atoms with Crippen molar-refractivity contribution in [3.8, 4) is 0 Å². The summed E-state index contributed by atoms with van der Waals surface area (Å²) in [7, 11) is 5.60. The number of piperazine rings is 1. The highest BCUT2D eigenvalue weighted by atomic mass is 35.5. The number of nitrogens with zero attached hydrogens (tertiary/aromatic N) is 8. The van der Waals surface area contributed by atoms with Crippen LogP contribution in [0.25, 0.3) is 17.0 Å². The smallest absolute Gasteiger partial charge is 0.233 e. The second-order valence-corrected chi connectivity index (χ2v) is 16.1. The number of benzene rings is 2. The van der Waals surface area contributed by atoms with Crippen LogP contribution < -0.4 is 30.7 Å². The molecule has 0 spiro atoms. The van der Waals surface area contributed by atoms with E-state index < -0.39 is 0 Å². The van der Waals surface area contributed by atoms with Crippen molar-refractivity contribution in [1.29, 1.82) is 0 Å². The van der Waals surface area contributed by atoms with Gasteiger partial charge < -0.3 is 35.6 Å². The first-order chi connectivity index (χ1) is 28.0. The molecule has 0 radical (unpaired) electrons. The fraction of sp³-hybridized carbons (Fsp3) is 0.386. The van der Waals surface area contributed by atoms with Gasteiger partial charge in [-0.05, 0) is 80.2 Å². The Morgan fingerprint density at radius 2 is 1.78 bits per heavy atom. The number of halogens is 1. The van der Waals surface area contributed by atoms with Crippen LogP contribution in [0, 0.1) is 5.92 Å². The molecule has 302 valence electrons. The number of carbonyl (C=O) groups excluding carboxylic acids is 2. The highest BCUT2D eigenvalue weighted by Crippen LogP contribution is 2.38. The van der Waals surface area contributed by atoms with E-state index in [1.54, 1.807) is 13.2 Å². The first-order valence-electron chi connectivity index (χ1n) is 20.1. The Labute approximate surface area is 345 Å². The van der Waals surface area contributed by atoms with Gasteiger partial charge in [0.25, 0.3) is 0 Å². The number of fused-ring (bicyclic) bond motifs is 2. The van der Waals surface area contributed by atoms with Crippen molar-refractivity contribution in [3.63, 3.8) is 0 Å². The van der Waals surface area contributed by atoms with Gasteiger partial charge in [-0.2, -0.15) is 10.1 Å². The van der Waals surface area contributed by atoms with E-state index >= 15 is 0 Å². The Kier molecular flexibility index (Phi) is 10.9. The minimum Gasteiger partial charge on any atom is -0.372 e. The van der Waals surface area contributed by atoms with Crippen molar-refractivity contribution >= 4 is 69.2 Å². The SMILES string of the molecule is C=C1CCC(c2nn(C)c3cc(N4CCN(C(=C)C5CCN(c6ncc(Cl)c(Nc7ccc8c(c7)C=C(CCC(=O)NC)C(=C)N8C)n6)CC5)CC4)ccc23)C(=O)N1. The van der Waals surface area contributed by atoms with E-state index in [2.05, 4.69) is 96.7 Å². The summed E-state index contributed by atoms with van der Waals surface area (Å²) in [6, 6.07) is 12.6. The van der Waals surface area contributed by atoms with Crippen molar-refractivity contribution in [2.45, 2.75) is 44.4 Å². The number of amides is 2. The zero-order valence-electron chi connectivity index (χ0n) is 33.7. The van der Waals surface area contributed by atoms with Gasteiger partial charge in [0, 0.05) is 118 Å². The van der Waals surface area contributed by atoms with E-state index in [1.165, 1.54) is 11.4 Å². The van der Waals surface area contributed by atoms with Crippen molar-refractivity contribution < 1.29 is 9.59 Å². The maximum absolute atomic E-state index is 12.8. The van der Waals surface area contributed by atoms with Gasteiger partial charge in [-0.15, -0.1) is 0 Å². The number of hydrogen-bond acceptors (Lipinski definition) is 10. The first kappa shape index (κ1) is 39.0. The second kappa shape index (κ2) is 16.2. The van der Waals surface area contributed by atoms with Gasteiger partial charge in [0.2, 0.25) is 17.8 Å². The highest BCUT2D eigenvalue weighted by molar-refractivity contribution is 6.32. The molecule has 13 nitrogen and oxygen atoms in total. The minimum absolute atomic E-state index is 0.00278. The number of allylic oxidation sites excluding steroid dienone is 3. The van der Waals surface area contributed by atoms with E-state index in [1.807, 2.05) is 24.8 Å². The summed E-state index contributed by atoms with van der Waals surface area (Å²) in [5.41, 5.74) is 9.89. The van der Waals surface area contributed by atoms with Crippen LogP contribution >= 0.6 is 11.6 Å². The molecule has 0 aliphatic carbocycles. The zero-order valence-corrected chi connectivity index (χ0v) is 34.4.